The number of hydrogen-bond donors (Lipinski definition) is 2. The summed E-state index contributed by atoms with van der Waals surface area (Å²) >= 11 is 0. The smallest absolute Gasteiger partial charge is 0.0459 e. The second kappa shape index (κ2) is 6.35. The lowest BCUT2D eigenvalue weighted by Gasteiger charge is -2.30. The van der Waals surface area contributed by atoms with E-state index in [1.807, 2.05) is 0 Å². The van der Waals surface area contributed by atoms with Crippen molar-refractivity contribution in [2.45, 2.75) is 51.6 Å². The van der Waals surface area contributed by atoms with E-state index in [1.165, 1.54) is 24.0 Å². The molecule has 18 heavy (non-hydrogen) atoms. The predicted molar refractivity (Wildman–Crippen MR) is 75.6 cm³/mol. The molecule has 1 aliphatic carbocycles. The van der Waals surface area contributed by atoms with Crippen LogP contribution in [-0.2, 0) is 0 Å². The van der Waals surface area contributed by atoms with Gasteiger partial charge in [0.25, 0.3) is 0 Å². The van der Waals surface area contributed by atoms with Gasteiger partial charge in [0.1, 0.15) is 0 Å². The van der Waals surface area contributed by atoms with Gasteiger partial charge in [0.2, 0.25) is 0 Å². The summed E-state index contributed by atoms with van der Waals surface area (Å²) in [5.41, 5.74) is 2.68. The fraction of sp³-hybridized carbons (Fsp3) is 0.625. The van der Waals surface area contributed by atoms with E-state index in [4.69, 9.17) is 5.11 Å². The Morgan fingerprint density at radius 3 is 2.33 bits per heavy atom. The third kappa shape index (κ3) is 3.56. The van der Waals surface area contributed by atoms with E-state index in [0.717, 1.165) is 12.8 Å². The summed E-state index contributed by atoms with van der Waals surface area (Å²) < 4.78 is 0. The highest BCUT2D eigenvalue weighted by molar-refractivity contribution is 5.23. The van der Waals surface area contributed by atoms with Crippen molar-refractivity contribution >= 4 is 0 Å². The van der Waals surface area contributed by atoms with Crippen molar-refractivity contribution in [1.82, 2.24) is 5.32 Å². The molecule has 0 saturated heterocycles. The van der Waals surface area contributed by atoms with E-state index >= 15 is 0 Å². The first-order valence-electron chi connectivity index (χ1n) is 7.12. The van der Waals surface area contributed by atoms with E-state index in [-0.39, 0.29) is 0 Å². The third-order valence-corrected chi connectivity index (χ3v) is 4.17. The van der Waals surface area contributed by atoms with Gasteiger partial charge in [-0.05, 0) is 51.0 Å². The fourth-order valence-electron chi connectivity index (χ4n) is 2.82. The maximum absolute atomic E-state index is 9.14. The van der Waals surface area contributed by atoms with Crippen LogP contribution in [0.1, 0.15) is 49.8 Å². The first-order valence-corrected chi connectivity index (χ1v) is 7.12. The number of aryl methyl sites for hydroxylation is 1. The number of nitrogens with one attached hydrogen (secondary N) is 1. The number of rotatable bonds is 4. The molecular formula is C16H25NO. The average Bonchev–Trinajstić information content (AvgIpc) is 2.40. The van der Waals surface area contributed by atoms with E-state index in [2.05, 4.69) is 43.4 Å². The van der Waals surface area contributed by atoms with Crippen LogP contribution in [0.15, 0.2) is 24.3 Å². The van der Waals surface area contributed by atoms with E-state index in [0.29, 0.717) is 24.6 Å². The Labute approximate surface area is 110 Å². The van der Waals surface area contributed by atoms with Crippen molar-refractivity contribution in [2.75, 3.05) is 6.61 Å². The molecule has 1 aromatic rings. The van der Waals surface area contributed by atoms with Crippen LogP contribution in [0.2, 0.25) is 0 Å². The number of aliphatic hydroxyl groups is 1. The topological polar surface area (TPSA) is 32.3 Å². The first-order chi connectivity index (χ1) is 8.69. The zero-order valence-electron chi connectivity index (χ0n) is 11.5. The summed E-state index contributed by atoms with van der Waals surface area (Å²) in [5.74, 6) is 0.540. The molecule has 0 spiro atoms. The standard InChI is InChI=1S/C16H25NO/c1-12-3-7-15(8-4-12)13(2)17-16-9-5-14(11-18)6-10-16/h3-4,7-8,13-14,16-18H,5-6,9-11H2,1-2H3. The van der Waals surface area contributed by atoms with Gasteiger partial charge in [0.05, 0.1) is 0 Å². The van der Waals surface area contributed by atoms with Gasteiger partial charge in [-0.15, -0.1) is 0 Å². The zero-order valence-corrected chi connectivity index (χ0v) is 11.5. The monoisotopic (exact) mass is 247 g/mol. The minimum Gasteiger partial charge on any atom is -0.396 e. The summed E-state index contributed by atoms with van der Waals surface area (Å²) in [5, 5.41) is 12.9. The van der Waals surface area contributed by atoms with Gasteiger partial charge in [0, 0.05) is 18.7 Å². The van der Waals surface area contributed by atoms with Crippen LogP contribution in [0.3, 0.4) is 0 Å². The molecule has 1 aromatic carbocycles. The molecule has 2 heteroatoms. The van der Waals surface area contributed by atoms with Crippen LogP contribution in [0.25, 0.3) is 0 Å². The number of benzene rings is 1. The molecule has 2 N–H and O–H groups in total. The van der Waals surface area contributed by atoms with E-state index in [9.17, 15) is 0 Å². The fourth-order valence-corrected chi connectivity index (χ4v) is 2.82. The second-order valence-corrected chi connectivity index (χ2v) is 5.70. The minimum absolute atomic E-state index is 0.361. The Kier molecular flexibility index (Phi) is 4.79. The van der Waals surface area contributed by atoms with Crippen LogP contribution in [0, 0.1) is 12.8 Å². The molecule has 2 rings (SSSR count). The van der Waals surface area contributed by atoms with E-state index in [1.54, 1.807) is 0 Å². The van der Waals surface area contributed by atoms with Gasteiger partial charge < -0.3 is 10.4 Å². The third-order valence-electron chi connectivity index (χ3n) is 4.17. The van der Waals surface area contributed by atoms with Crippen molar-refractivity contribution in [3.63, 3.8) is 0 Å². The second-order valence-electron chi connectivity index (χ2n) is 5.70. The van der Waals surface area contributed by atoms with Crippen LogP contribution in [0.5, 0.6) is 0 Å². The predicted octanol–water partition coefficient (Wildman–Crippen LogP) is 3.20. The van der Waals surface area contributed by atoms with Crippen LogP contribution >= 0.6 is 0 Å². The van der Waals surface area contributed by atoms with Gasteiger partial charge >= 0.3 is 0 Å². The summed E-state index contributed by atoms with van der Waals surface area (Å²) in [7, 11) is 0. The van der Waals surface area contributed by atoms with Gasteiger partial charge in [-0.3, -0.25) is 0 Å². The van der Waals surface area contributed by atoms with Crippen LogP contribution in [-0.4, -0.2) is 17.8 Å². The molecule has 100 valence electrons. The lowest BCUT2D eigenvalue weighted by molar-refractivity contribution is 0.172. The van der Waals surface area contributed by atoms with Crippen molar-refractivity contribution in [3.8, 4) is 0 Å². The van der Waals surface area contributed by atoms with Gasteiger partial charge in [-0.25, -0.2) is 0 Å². The molecule has 0 aliphatic heterocycles. The molecule has 1 unspecified atom stereocenters. The normalized spacial score (nSPS) is 25.9. The van der Waals surface area contributed by atoms with Gasteiger partial charge in [0.15, 0.2) is 0 Å². The lowest BCUT2D eigenvalue weighted by atomic mass is 9.86. The first kappa shape index (κ1) is 13.6. The molecule has 1 fully saturated rings. The Balaban J connectivity index is 1.84. The maximum Gasteiger partial charge on any atom is 0.0459 e. The number of aliphatic hydroxyl groups excluding tert-OH is 1. The molecule has 0 aromatic heterocycles. The summed E-state index contributed by atoms with van der Waals surface area (Å²) in [6.45, 7) is 4.72. The Morgan fingerprint density at radius 1 is 1.17 bits per heavy atom. The summed E-state index contributed by atoms with van der Waals surface area (Å²) in [4.78, 5) is 0. The van der Waals surface area contributed by atoms with Crippen molar-refractivity contribution < 1.29 is 5.11 Å². The SMILES string of the molecule is Cc1ccc(C(C)NC2CCC(CO)CC2)cc1. The molecule has 1 saturated carbocycles. The Bertz CT molecular complexity index is 352. The molecule has 0 radical (unpaired) electrons. The largest absolute Gasteiger partial charge is 0.396 e. The highest BCUT2D eigenvalue weighted by Crippen LogP contribution is 2.25. The van der Waals surface area contributed by atoms with Crippen molar-refractivity contribution in [2.24, 2.45) is 5.92 Å². The lowest BCUT2D eigenvalue weighted by Crippen LogP contribution is -2.35. The maximum atomic E-state index is 9.14. The number of hydrogen-bond acceptors (Lipinski definition) is 2. The molecular weight excluding hydrogens is 222 g/mol. The molecule has 0 amide bonds. The summed E-state index contributed by atoms with van der Waals surface area (Å²) in [6, 6.07) is 9.82. The van der Waals surface area contributed by atoms with Gasteiger partial charge in [-0.1, -0.05) is 29.8 Å². The van der Waals surface area contributed by atoms with Crippen molar-refractivity contribution in [3.05, 3.63) is 35.4 Å². The molecule has 1 aliphatic rings. The Hall–Kier alpha value is -0.860. The highest BCUT2D eigenvalue weighted by Gasteiger charge is 2.21. The molecule has 0 bridgehead atoms. The molecule has 2 nitrogen and oxygen atoms in total. The van der Waals surface area contributed by atoms with Crippen LogP contribution < -0.4 is 5.32 Å². The highest BCUT2D eigenvalue weighted by atomic mass is 16.3. The average molecular weight is 247 g/mol. The molecule has 1 atom stereocenters. The molecule has 0 heterocycles. The van der Waals surface area contributed by atoms with E-state index < -0.39 is 0 Å². The minimum atomic E-state index is 0.361. The van der Waals surface area contributed by atoms with Crippen molar-refractivity contribution in [1.29, 1.82) is 0 Å². The quantitative estimate of drug-likeness (QED) is 0.856. The summed E-state index contributed by atoms with van der Waals surface area (Å²) in [6.07, 6.45) is 4.71. The Morgan fingerprint density at radius 2 is 1.78 bits per heavy atom. The zero-order chi connectivity index (χ0) is 13.0. The van der Waals surface area contributed by atoms with Crippen LogP contribution in [0.4, 0.5) is 0 Å². The van der Waals surface area contributed by atoms with Gasteiger partial charge in [-0.2, -0.15) is 0 Å².